The SMILES string of the molecule is CC(=O)NC(CC(=O)N(Cc1cccs1)C1CC1)c1ccc(Cl)cc1. The molecule has 1 atom stereocenters. The smallest absolute Gasteiger partial charge is 0.225 e. The Morgan fingerprint density at radius 3 is 2.56 bits per heavy atom. The van der Waals surface area contributed by atoms with Crippen molar-refractivity contribution < 1.29 is 9.59 Å². The van der Waals surface area contributed by atoms with Crippen molar-refractivity contribution in [1.82, 2.24) is 10.2 Å². The van der Waals surface area contributed by atoms with Gasteiger partial charge in [0, 0.05) is 22.9 Å². The Morgan fingerprint density at radius 2 is 2.00 bits per heavy atom. The zero-order valence-corrected chi connectivity index (χ0v) is 15.6. The number of rotatable bonds is 7. The first kappa shape index (κ1) is 18.0. The molecule has 2 amide bonds. The van der Waals surface area contributed by atoms with Crippen LogP contribution in [0.3, 0.4) is 0 Å². The molecule has 3 rings (SSSR count). The lowest BCUT2D eigenvalue weighted by Crippen LogP contribution is -2.36. The summed E-state index contributed by atoms with van der Waals surface area (Å²) < 4.78 is 0. The maximum absolute atomic E-state index is 12.9. The Kier molecular flexibility index (Phi) is 5.76. The lowest BCUT2D eigenvalue weighted by atomic mass is 10.0. The molecule has 6 heteroatoms. The second-order valence-corrected chi connectivity index (χ2v) is 7.81. The molecule has 1 aromatic carbocycles. The predicted molar refractivity (Wildman–Crippen MR) is 101 cm³/mol. The molecule has 1 aliphatic carbocycles. The normalized spacial score (nSPS) is 14.8. The molecule has 1 aromatic heterocycles. The average Bonchev–Trinajstić information content (AvgIpc) is 3.28. The molecule has 0 saturated heterocycles. The molecule has 0 bridgehead atoms. The molecule has 2 aromatic rings. The number of hydrogen-bond donors (Lipinski definition) is 1. The number of carbonyl (C=O) groups is 2. The van der Waals surface area contributed by atoms with E-state index >= 15 is 0 Å². The van der Waals surface area contributed by atoms with Crippen molar-refractivity contribution in [1.29, 1.82) is 0 Å². The topological polar surface area (TPSA) is 49.4 Å². The predicted octanol–water partition coefficient (Wildman–Crippen LogP) is 4.16. The fraction of sp³-hybridized carbons (Fsp3) is 0.368. The van der Waals surface area contributed by atoms with E-state index in [-0.39, 0.29) is 24.3 Å². The third-order valence-electron chi connectivity index (χ3n) is 4.24. The summed E-state index contributed by atoms with van der Waals surface area (Å²) in [5.74, 6) is -0.0754. The lowest BCUT2D eigenvalue weighted by Gasteiger charge is -2.25. The van der Waals surface area contributed by atoms with Crippen molar-refractivity contribution in [3.8, 4) is 0 Å². The Morgan fingerprint density at radius 1 is 1.28 bits per heavy atom. The van der Waals surface area contributed by atoms with Gasteiger partial charge in [-0.05, 0) is 42.0 Å². The summed E-state index contributed by atoms with van der Waals surface area (Å²) in [5, 5.41) is 5.55. The Labute approximate surface area is 156 Å². The van der Waals surface area contributed by atoms with Gasteiger partial charge in [0.25, 0.3) is 0 Å². The summed E-state index contributed by atoms with van der Waals surface area (Å²) >= 11 is 7.61. The number of hydrogen-bond acceptors (Lipinski definition) is 3. The van der Waals surface area contributed by atoms with Crippen molar-refractivity contribution in [2.24, 2.45) is 0 Å². The highest BCUT2D eigenvalue weighted by molar-refractivity contribution is 7.09. The summed E-state index contributed by atoms with van der Waals surface area (Å²) in [6.07, 6.45) is 2.37. The Balaban J connectivity index is 1.73. The van der Waals surface area contributed by atoms with Crippen LogP contribution in [0, 0.1) is 0 Å². The van der Waals surface area contributed by atoms with Crippen LogP contribution in [0.2, 0.25) is 5.02 Å². The van der Waals surface area contributed by atoms with Crippen molar-refractivity contribution in [2.75, 3.05) is 0 Å². The number of nitrogens with zero attached hydrogens (tertiary/aromatic N) is 1. The molecular formula is C19H21ClN2O2S. The first-order valence-electron chi connectivity index (χ1n) is 8.37. The highest BCUT2D eigenvalue weighted by atomic mass is 35.5. The maximum Gasteiger partial charge on any atom is 0.225 e. The molecule has 1 fully saturated rings. The number of nitrogens with one attached hydrogen (secondary N) is 1. The van der Waals surface area contributed by atoms with Gasteiger partial charge in [0.1, 0.15) is 0 Å². The monoisotopic (exact) mass is 376 g/mol. The molecule has 1 unspecified atom stereocenters. The zero-order valence-electron chi connectivity index (χ0n) is 14.1. The van der Waals surface area contributed by atoms with Crippen LogP contribution in [0.4, 0.5) is 0 Å². The van der Waals surface area contributed by atoms with E-state index in [4.69, 9.17) is 11.6 Å². The average molecular weight is 377 g/mol. The Bertz CT molecular complexity index is 726. The lowest BCUT2D eigenvalue weighted by molar-refractivity contribution is -0.133. The van der Waals surface area contributed by atoms with Crippen LogP contribution in [0.1, 0.15) is 42.7 Å². The van der Waals surface area contributed by atoms with E-state index in [9.17, 15) is 9.59 Å². The molecule has 1 saturated carbocycles. The van der Waals surface area contributed by atoms with E-state index in [1.807, 2.05) is 28.5 Å². The van der Waals surface area contributed by atoms with Gasteiger partial charge in [-0.15, -0.1) is 11.3 Å². The van der Waals surface area contributed by atoms with Gasteiger partial charge >= 0.3 is 0 Å². The van der Waals surface area contributed by atoms with Crippen LogP contribution in [0.5, 0.6) is 0 Å². The van der Waals surface area contributed by atoms with Gasteiger partial charge in [-0.25, -0.2) is 0 Å². The van der Waals surface area contributed by atoms with Gasteiger partial charge < -0.3 is 10.2 Å². The number of halogens is 1. The minimum atomic E-state index is -0.341. The van der Waals surface area contributed by atoms with Gasteiger partial charge in [-0.3, -0.25) is 9.59 Å². The van der Waals surface area contributed by atoms with Crippen LogP contribution >= 0.6 is 22.9 Å². The van der Waals surface area contributed by atoms with E-state index in [1.54, 1.807) is 23.5 Å². The molecule has 0 radical (unpaired) electrons. The Hall–Kier alpha value is -1.85. The first-order chi connectivity index (χ1) is 12.0. The largest absolute Gasteiger partial charge is 0.349 e. The van der Waals surface area contributed by atoms with Gasteiger partial charge in [0.05, 0.1) is 19.0 Å². The van der Waals surface area contributed by atoms with E-state index in [2.05, 4.69) is 11.4 Å². The fourth-order valence-corrected chi connectivity index (χ4v) is 3.69. The summed E-state index contributed by atoms with van der Waals surface area (Å²) in [6, 6.07) is 11.3. The second-order valence-electron chi connectivity index (χ2n) is 6.34. The minimum Gasteiger partial charge on any atom is -0.349 e. The van der Waals surface area contributed by atoms with Crippen molar-refractivity contribution >= 4 is 34.8 Å². The molecule has 0 aliphatic heterocycles. The van der Waals surface area contributed by atoms with Crippen LogP contribution in [0.25, 0.3) is 0 Å². The van der Waals surface area contributed by atoms with Crippen molar-refractivity contribution in [3.63, 3.8) is 0 Å². The summed E-state index contributed by atoms with van der Waals surface area (Å²) in [6.45, 7) is 2.12. The number of benzene rings is 1. The molecule has 1 heterocycles. The van der Waals surface area contributed by atoms with Crippen LogP contribution in [-0.4, -0.2) is 22.8 Å². The van der Waals surface area contributed by atoms with E-state index in [0.717, 1.165) is 18.4 Å². The summed E-state index contributed by atoms with van der Waals surface area (Å²) in [7, 11) is 0. The summed E-state index contributed by atoms with van der Waals surface area (Å²) in [5.41, 5.74) is 0.889. The molecule has 0 spiro atoms. The van der Waals surface area contributed by atoms with Gasteiger partial charge in [-0.1, -0.05) is 29.8 Å². The van der Waals surface area contributed by atoms with Gasteiger partial charge in [0.15, 0.2) is 0 Å². The van der Waals surface area contributed by atoms with Gasteiger partial charge in [0.2, 0.25) is 11.8 Å². The standard InChI is InChI=1S/C19H21ClN2O2S/c1-13(23)21-18(14-4-6-15(20)7-5-14)11-19(24)22(16-8-9-16)12-17-3-2-10-25-17/h2-7,10,16,18H,8-9,11-12H2,1H3,(H,21,23). The minimum absolute atomic E-state index is 0.0737. The number of amides is 2. The van der Waals surface area contributed by atoms with Gasteiger partial charge in [-0.2, -0.15) is 0 Å². The van der Waals surface area contributed by atoms with E-state index in [1.165, 1.54) is 11.8 Å². The molecular weight excluding hydrogens is 356 g/mol. The maximum atomic E-state index is 12.9. The number of carbonyl (C=O) groups excluding carboxylic acids is 2. The second kappa shape index (κ2) is 8.02. The summed E-state index contributed by atoms with van der Waals surface area (Å²) in [4.78, 5) is 27.7. The van der Waals surface area contributed by atoms with Crippen molar-refractivity contribution in [3.05, 3.63) is 57.2 Å². The fourth-order valence-electron chi connectivity index (χ4n) is 2.86. The van der Waals surface area contributed by atoms with E-state index in [0.29, 0.717) is 17.6 Å². The quantitative estimate of drug-likeness (QED) is 0.788. The molecule has 132 valence electrons. The van der Waals surface area contributed by atoms with Crippen molar-refractivity contribution in [2.45, 2.75) is 44.8 Å². The highest BCUT2D eigenvalue weighted by Crippen LogP contribution is 2.31. The number of thiophene rings is 1. The highest BCUT2D eigenvalue weighted by Gasteiger charge is 2.33. The van der Waals surface area contributed by atoms with Crippen LogP contribution in [0.15, 0.2) is 41.8 Å². The first-order valence-corrected chi connectivity index (χ1v) is 9.63. The van der Waals surface area contributed by atoms with E-state index < -0.39 is 0 Å². The molecule has 1 N–H and O–H groups in total. The molecule has 25 heavy (non-hydrogen) atoms. The third-order valence-corrected chi connectivity index (χ3v) is 5.36. The van der Waals surface area contributed by atoms with Crippen LogP contribution in [-0.2, 0) is 16.1 Å². The molecule has 4 nitrogen and oxygen atoms in total. The zero-order chi connectivity index (χ0) is 17.8. The molecule has 1 aliphatic rings. The van der Waals surface area contributed by atoms with Crippen LogP contribution < -0.4 is 5.32 Å². The third kappa shape index (κ3) is 5.06.